The Bertz CT molecular complexity index is 1020. The van der Waals surface area contributed by atoms with Gasteiger partial charge in [0.05, 0.1) is 11.8 Å². The molecular weight excluding hydrogens is 380 g/mol. The molecule has 0 spiro atoms. The Morgan fingerprint density at radius 1 is 0.933 bits per heavy atom. The summed E-state index contributed by atoms with van der Waals surface area (Å²) < 4.78 is 5.41. The number of ether oxygens (including phenoxy) is 1. The predicted octanol–water partition coefficient (Wildman–Crippen LogP) is 3.69. The van der Waals surface area contributed by atoms with Crippen LogP contribution in [0, 0.1) is 37.5 Å². The number of anilines is 2. The molecule has 1 aliphatic heterocycles. The molecule has 2 amide bonds. The van der Waals surface area contributed by atoms with Crippen LogP contribution in [0.25, 0.3) is 0 Å². The number of fused-ring (bicyclic) bond motifs is 1. The van der Waals surface area contributed by atoms with Gasteiger partial charge >= 0.3 is 5.97 Å². The van der Waals surface area contributed by atoms with Crippen LogP contribution in [0.3, 0.4) is 0 Å². The fourth-order valence-corrected chi connectivity index (χ4v) is 5.54. The molecule has 2 N–H and O–H groups in total. The van der Waals surface area contributed by atoms with E-state index in [2.05, 4.69) is 16.7 Å². The van der Waals surface area contributed by atoms with Crippen molar-refractivity contribution in [2.24, 2.45) is 23.7 Å². The van der Waals surface area contributed by atoms with E-state index >= 15 is 0 Å². The lowest BCUT2D eigenvalue weighted by Gasteiger charge is -2.23. The van der Waals surface area contributed by atoms with Crippen molar-refractivity contribution in [3.8, 4) is 0 Å². The van der Waals surface area contributed by atoms with E-state index in [1.165, 1.54) is 0 Å². The summed E-state index contributed by atoms with van der Waals surface area (Å²) in [6, 6.07) is 12.7. The van der Waals surface area contributed by atoms with E-state index in [1.807, 2.05) is 26.0 Å². The molecule has 3 fully saturated rings. The molecule has 2 aromatic carbocycles. The van der Waals surface area contributed by atoms with E-state index in [0.717, 1.165) is 29.7 Å². The van der Waals surface area contributed by atoms with E-state index in [9.17, 15) is 14.4 Å². The van der Waals surface area contributed by atoms with Crippen LogP contribution in [0.1, 0.15) is 34.3 Å². The van der Waals surface area contributed by atoms with Gasteiger partial charge < -0.3 is 15.4 Å². The Balaban J connectivity index is 1.25. The maximum Gasteiger partial charge on any atom is 0.310 e. The van der Waals surface area contributed by atoms with Crippen LogP contribution in [0.4, 0.5) is 11.4 Å². The quantitative estimate of drug-likeness (QED) is 0.761. The molecule has 1 saturated heterocycles. The summed E-state index contributed by atoms with van der Waals surface area (Å²) in [6.07, 6.45) is 1.71. The Hall–Kier alpha value is -3.15. The monoisotopic (exact) mass is 404 g/mol. The third-order valence-electron chi connectivity index (χ3n) is 6.68. The number of rotatable bonds is 4. The Morgan fingerprint density at radius 2 is 1.63 bits per heavy atom. The van der Waals surface area contributed by atoms with Crippen LogP contribution in [-0.4, -0.2) is 23.9 Å². The van der Waals surface area contributed by atoms with Crippen molar-refractivity contribution < 1.29 is 19.1 Å². The first-order valence-corrected chi connectivity index (χ1v) is 10.4. The van der Waals surface area contributed by atoms with E-state index in [-0.39, 0.29) is 47.6 Å². The lowest BCUT2D eigenvalue weighted by molar-refractivity contribution is -0.145. The fourth-order valence-electron chi connectivity index (χ4n) is 5.54. The van der Waals surface area contributed by atoms with Crippen molar-refractivity contribution in [2.75, 3.05) is 10.6 Å². The molecule has 0 radical (unpaired) electrons. The zero-order chi connectivity index (χ0) is 21.0. The summed E-state index contributed by atoms with van der Waals surface area (Å²) in [5.74, 6) is -0.731. The molecule has 3 aliphatic rings. The van der Waals surface area contributed by atoms with E-state index in [4.69, 9.17) is 4.74 Å². The fraction of sp³-hybridized carbons (Fsp3) is 0.375. The highest BCUT2D eigenvalue weighted by Gasteiger charge is 2.63. The molecule has 154 valence electrons. The van der Waals surface area contributed by atoms with Crippen LogP contribution in [0.5, 0.6) is 0 Å². The van der Waals surface area contributed by atoms with Gasteiger partial charge in [-0.3, -0.25) is 14.4 Å². The van der Waals surface area contributed by atoms with Gasteiger partial charge in [0.15, 0.2) is 0 Å². The van der Waals surface area contributed by atoms with Crippen molar-refractivity contribution >= 4 is 29.2 Å². The lowest BCUT2D eigenvalue weighted by atomic mass is 9.79. The van der Waals surface area contributed by atoms with Crippen LogP contribution >= 0.6 is 0 Å². The van der Waals surface area contributed by atoms with Crippen molar-refractivity contribution in [1.82, 2.24) is 0 Å². The van der Waals surface area contributed by atoms with Gasteiger partial charge in [-0.2, -0.15) is 0 Å². The number of aryl methyl sites for hydroxylation is 2. The van der Waals surface area contributed by atoms with E-state index in [1.54, 1.807) is 24.3 Å². The number of carbonyl (C=O) groups excluding carboxylic acids is 3. The summed E-state index contributed by atoms with van der Waals surface area (Å²) in [6.45, 7) is 3.98. The number of amides is 2. The highest BCUT2D eigenvalue weighted by molar-refractivity contribution is 6.05. The summed E-state index contributed by atoms with van der Waals surface area (Å²) in [7, 11) is 0. The van der Waals surface area contributed by atoms with Crippen molar-refractivity contribution in [3.63, 3.8) is 0 Å². The van der Waals surface area contributed by atoms with E-state index < -0.39 is 0 Å². The molecule has 5 rings (SSSR count). The third kappa shape index (κ3) is 3.16. The second-order valence-corrected chi connectivity index (χ2v) is 8.82. The molecule has 5 atom stereocenters. The summed E-state index contributed by atoms with van der Waals surface area (Å²) in [4.78, 5) is 37.5. The van der Waals surface area contributed by atoms with Gasteiger partial charge in [0.25, 0.3) is 5.91 Å². The molecule has 2 saturated carbocycles. The summed E-state index contributed by atoms with van der Waals surface area (Å²) in [5, 5.41) is 5.83. The van der Waals surface area contributed by atoms with Gasteiger partial charge in [-0.05, 0) is 80.1 Å². The number of hydrogen-bond donors (Lipinski definition) is 2. The maximum absolute atomic E-state index is 12.9. The first-order valence-electron chi connectivity index (χ1n) is 10.4. The number of nitrogens with one attached hydrogen (secondary N) is 2. The van der Waals surface area contributed by atoms with Crippen molar-refractivity contribution in [2.45, 2.75) is 32.8 Å². The van der Waals surface area contributed by atoms with Crippen molar-refractivity contribution in [3.05, 3.63) is 59.2 Å². The van der Waals surface area contributed by atoms with Crippen LogP contribution in [0.15, 0.2) is 42.5 Å². The smallest absolute Gasteiger partial charge is 0.310 e. The van der Waals surface area contributed by atoms with Gasteiger partial charge in [0, 0.05) is 22.9 Å². The molecule has 2 bridgehead atoms. The maximum atomic E-state index is 12.9. The number of carbonyl (C=O) groups is 3. The molecule has 1 heterocycles. The average Bonchev–Trinajstić information content (AvgIpc) is 3.30. The SMILES string of the molecule is Cc1cc(C)cc(NC(=O)c2ccc(NC(=O)[C@@H]3[C@@H]4C[C@@H]5[C@H]3C(=O)O[C@H]5C4)cc2)c1. The summed E-state index contributed by atoms with van der Waals surface area (Å²) >= 11 is 0. The van der Waals surface area contributed by atoms with Gasteiger partial charge in [0.2, 0.25) is 5.91 Å². The minimum Gasteiger partial charge on any atom is -0.462 e. The normalized spacial score (nSPS) is 28.3. The van der Waals surface area contributed by atoms with Gasteiger partial charge in [-0.25, -0.2) is 0 Å². The average molecular weight is 404 g/mol. The number of esters is 1. The van der Waals surface area contributed by atoms with Gasteiger partial charge in [0.1, 0.15) is 6.10 Å². The van der Waals surface area contributed by atoms with Crippen LogP contribution in [0.2, 0.25) is 0 Å². The molecule has 6 nitrogen and oxygen atoms in total. The Kier molecular flexibility index (Phi) is 4.38. The highest BCUT2D eigenvalue weighted by atomic mass is 16.6. The second-order valence-electron chi connectivity index (χ2n) is 8.82. The van der Waals surface area contributed by atoms with E-state index in [0.29, 0.717) is 11.3 Å². The van der Waals surface area contributed by atoms with Crippen molar-refractivity contribution in [1.29, 1.82) is 0 Å². The first-order chi connectivity index (χ1) is 14.4. The first kappa shape index (κ1) is 18.9. The zero-order valence-corrected chi connectivity index (χ0v) is 17.0. The van der Waals surface area contributed by atoms with Crippen LogP contribution in [-0.2, 0) is 14.3 Å². The van der Waals surface area contributed by atoms with Crippen LogP contribution < -0.4 is 10.6 Å². The third-order valence-corrected chi connectivity index (χ3v) is 6.68. The largest absolute Gasteiger partial charge is 0.462 e. The van der Waals surface area contributed by atoms with Gasteiger partial charge in [-0.1, -0.05) is 6.07 Å². The number of hydrogen-bond acceptors (Lipinski definition) is 4. The standard InChI is InChI=1S/C24H24N2O4/c1-12-7-13(2)9-17(8-12)26-22(27)14-3-5-16(6-4-14)25-23(28)20-15-10-18-19(11-15)30-24(29)21(18)20/h3-9,15,18-21H,10-11H2,1-2H3,(H,25,28)(H,26,27)/t15-,18+,19+,20-,21-/m1/s1. The minimum absolute atomic E-state index is 0.0199. The van der Waals surface area contributed by atoms with Gasteiger partial charge in [-0.15, -0.1) is 0 Å². The second kappa shape index (κ2) is 6.97. The lowest BCUT2D eigenvalue weighted by Crippen LogP contribution is -2.35. The Morgan fingerprint density at radius 3 is 2.33 bits per heavy atom. The predicted molar refractivity (Wildman–Crippen MR) is 112 cm³/mol. The molecule has 0 unspecified atom stereocenters. The zero-order valence-electron chi connectivity index (χ0n) is 17.0. The molecule has 30 heavy (non-hydrogen) atoms. The molecule has 2 aromatic rings. The topological polar surface area (TPSA) is 84.5 Å². The summed E-state index contributed by atoms with van der Waals surface area (Å²) in [5.41, 5.74) is 4.05. The number of benzene rings is 2. The Labute approximate surface area is 175 Å². The molecule has 0 aromatic heterocycles. The molecule has 6 heteroatoms. The molecular formula is C24H24N2O4. The highest BCUT2D eigenvalue weighted by Crippen LogP contribution is 2.57. The molecule has 2 aliphatic carbocycles. The minimum atomic E-state index is -0.311.